The van der Waals surface area contributed by atoms with E-state index in [4.69, 9.17) is 10.8 Å². The normalized spacial score (nSPS) is 28.3. The SMILES string of the molecule is NC(=O)CC1CCCCC1C(=O)O. The minimum absolute atomic E-state index is 0.0382. The van der Waals surface area contributed by atoms with Crippen molar-refractivity contribution < 1.29 is 14.7 Å². The van der Waals surface area contributed by atoms with Crippen LogP contribution in [0.15, 0.2) is 0 Å². The Labute approximate surface area is 77.1 Å². The number of rotatable bonds is 3. The Balaban J connectivity index is 2.56. The van der Waals surface area contributed by atoms with Crippen LogP contribution in [0.2, 0.25) is 0 Å². The summed E-state index contributed by atoms with van der Waals surface area (Å²) in [4.78, 5) is 21.5. The molecule has 0 aromatic rings. The first kappa shape index (κ1) is 10.0. The third-order valence-corrected chi connectivity index (χ3v) is 2.69. The third kappa shape index (κ3) is 2.72. The average Bonchev–Trinajstić information content (AvgIpc) is 2.03. The lowest BCUT2D eigenvalue weighted by Gasteiger charge is -2.27. The largest absolute Gasteiger partial charge is 0.481 e. The smallest absolute Gasteiger partial charge is 0.306 e. The summed E-state index contributed by atoms with van der Waals surface area (Å²) < 4.78 is 0. The monoisotopic (exact) mass is 185 g/mol. The zero-order chi connectivity index (χ0) is 9.84. The van der Waals surface area contributed by atoms with Crippen molar-refractivity contribution in [3.63, 3.8) is 0 Å². The molecule has 0 aromatic carbocycles. The predicted molar refractivity (Wildman–Crippen MR) is 46.9 cm³/mol. The molecule has 3 N–H and O–H groups in total. The van der Waals surface area contributed by atoms with Crippen molar-refractivity contribution in [1.29, 1.82) is 0 Å². The van der Waals surface area contributed by atoms with Crippen LogP contribution in [0.25, 0.3) is 0 Å². The number of hydrogen-bond acceptors (Lipinski definition) is 2. The molecule has 4 nitrogen and oxygen atoms in total. The van der Waals surface area contributed by atoms with Crippen LogP contribution in [-0.2, 0) is 9.59 Å². The molecule has 0 spiro atoms. The third-order valence-electron chi connectivity index (χ3n) is 2.69. The molecule has 1 aliphatic rings. The van der Waals surface area contributed by atoms with Crippen LogP contribution in [0.4, 0.5) is 0 Å². The second-order valence-electron chi connectivity index (χ2n) is 3.66. The fourth-order valence-electron chi connectivity index (χ4n) is 2.04. The molecule has 0 bridgehead atoms. The molecule has 0 heterocycles. The van der Waals surface area contributed by atoms with Gasteiger partial charge in [0, 0.05) is 6.42 Å². The first-order valence-corrected chi connectivity index (χ1v) is 4.62. The van der Waals surface area contributed by atoms with Crippen molar-refractivity contribution in [1.82, 2.24) is 0 Å². The van der Waals surface area contributed by atoms with Gasteiger partial charge >= 0.3 is 5.97 Å². The highest BCUT2D eigenvalue weighted by Gasteiger charge is 2.31. The summed E-state index contributed by atoms with van der Waals surface area (Å²) in [6.07, 6.45) is 3.69. The maximum Gasteiger partial charge on any atom is 0.306 e. The molecular formula is C9H15NO3. The van der Waals surface area contributed by atoms with E-state index in [2.05, 4.69) is 0 Å². The number of carbonyl (C=O) groups is 2. The van der Waals surface area contributed by atoms with Crippen molar-refractivity contribution in [3.05, 3.63) is 0 Å². The van der Waals surface area contributed by atoms with Gasteiger partial charge in [0.25, 0.3) is 0 Å². The number of aliphatic carboxylic acids is 1. The number of carboxylic acids is 1. The Morgan fingerprint density at radius 2 is 1.92 bits per heavy atom. The molecule has 1 rings (SSSR count). The molecule has 4 heteroatoms. The highest BCUT2D eigenvalue weighted by atomic mass is 16.4. The number of hydrogen-bond donors (Lipinski definition) is 2. The summed E-state index contributed by atoms with van der Waals surface area (Å²) in [7, 11) is 0. The fourth-order valence-corrected chi connectivity index (χ4v) is 2.04. The molecule has 1 amide bonds. The molecule has 1 saturated carbocycles. The molecule has 0 saturated heterocycles. The van der Waals surface area contributed by atoms with Crippen LogP contribution in [0.1, 0.15) is 32.1 Å². The van der Waals surface area contributed by atoms with Crippen LogP contribution < -0.4 is 5.73 Å². The average molecular weight is 185 g/mol. The van der Waals surface area contributed by atoms with Gasteiger partial charge in [-0.2, -0.15) is 0 Å². The van der Waals surface area contributed by atoms with Gasteiger partial charge in [0.2, 0.25) is 5.91 Å². The highest BCUT2D eigenvalue weighted by Crippen LogP contribution is 2.32. The Bertz CT molecular complexity index is 215. The standard InChI is InChI=1S/C9H15NO3/c10-8(11)5-6-3-1-2-4-7(6)9(12)13/h6-7H,1-5H2,(H2,10,11)(H,12,13). The van der Waals surface area contributed by atoms with Gasteiger partial charge in [-0.05, 0) is 18.8 Å². The molecule has 13 heavy (non-hydrogen) atoms. The number of nitrogens with two attached hydrogens (primary N) is 1. The fraction of sp³-hybridized carbons (Fsp3) is 0.778. The van der Waals surface area contributed by atoms with E-state index in [0.29, 0.717) is 6.42 Å². The van der Waals surface area contributed by atoms with Crippen LogP contribution >= 0.6 is 0 Å². The van der Waals surface area contributed by atoms with Crippen molar-refractivity contribution in [2.24, 2.45) is 17.6 Å². The van der Waals surface area contributed by atoms with E-state index in [1.807, 2.05) is 0 Å². The lowest BCUT2D eigenvalue weighted by Crippen LogP contribution is -2.30. The van der Waals surface area contributed by atoms with Gasteiger partial charge in [-0.25, -0.2) is 0 Å². The van der Waals surface area contributed by atoms with Crippen LogP contribution in [0.5, 0.6) is 0 Å². The van der Waals surface area contributed by atoms with Crippen molar-refractivity contribution in [2.45, 2.75) is 32.1 Å². The molecule has 0 aromatic heterocycles. The van der Waals surface area contributed by atoms with E-state index in [0.717, 1.165) is 19.3 Å². The predicted octanol–water partition coefficient (Wildman–Crippen LogP) is 0.753. The first-order valence-electron chi connectivity index (χ1n) is 4.62. The van der Waals surface area contributed by atoms with Gasteiger partial charge in [0.15, 0.2) is 0 Å². The second-order valence-corrected chi connectivity index (χ2v) is 3.66. The number of carboxylic acid groups (broad SMARTS) is 1. The lowest BCUT2D eigenvalue weighted by molar-refractivity contribution is -0.145. The van der Waals surface area contributed by atoms with Crippen LogP contribution in [0.3, 0.4) is 0 Å². The zero-order valence-electron chi connectivity index (χ0n) is 7.53. The van der Waals surface area contributed by atoms with Gasteiger partial charge < -0.3 is 10.8 Å². The van der Waals surface area contributed by atoms with Gasteiger partial charge in [-0.15, -0.1) is 0 Å². The van der Waals surface area contributed by atoms with E-state index in [9.17, 15) is 9.59 Å². The van der Waals surface area contributed by atoms with Crippen LogP contribution in [-0.4, -0.2) is 17.0 Å². The molecule has 74 valence electrons. The first-order chi connectivity index (χ1) is 6.11. The number of amides is 1. The molecule has 1 fully saturated rings. The van der Waals surface area contributed by atoms with Gasteiger partial charge in [-0.1, -0.05) is 12.8 Å². The quantitative estimate of drug-likeness (QED) is 0.680. The molecule has 2 unspecified atom stereocenters. The summed E-state index contributed by atoms with van der Waals surface area (Å²) in [5, 5.41) is 8.87. The molecule has 0 radical (unpaired) electrons. The molecule has 1 aliphatic carbocycles. The van der Waals surface area contributed by atoms with Crippen molar-refractivity contribution in [2.75, 3.05) is 0 Å². The molecule has 0 aliphatic heterocycles. The van der Waals surface area contributed by atoms with E-state index in [-0.39, 0.29) is 18.3 Å². The maximum atomic E-state index is 10.8. The highest BCUT2D eigenvalue weighted by molar-refractivity contribution is 5.76. The van der Waals surface area contributed by atoms with Crippen molar-refractivity contribution in [3.8, 4) is 0 Å². The summed E-state index contributed by atoms with van der Waals surface area (Å²) in [6, 6.07) is 0. The summed E-state index contributed by atoms with van der Waals surface area (Å²) in [5.41, 5.74) is 5.05. The summed E-state index contributed by atoms with van der Waals surface area (Å²) in [5.74, 6) is -1.57. The van der Waals surface area contributed by atoms with Gasteiger partial charge in [-0.3, -0.25) is 9.59 Å². The zero-order valence-corrected chi connectivity index (χ0v) is 7.53. The topological polar surface area (TPSA) is 80.4 Å². The lowest BCUT2D eigenvalue weighted by atomic mass is 9.77. The van der Waals surface area contributed by atoms with E-state index in [1.165, 1.54) is 0 Å². The number of carbonyl (C=O) groups excluding carboxylic acids is 1. The maximum absolute atomic E-state index is 10.8. The summed E-state index contributed by atoms with van der Waals surface area (Å²) >= 11 is 0. The number of primary amides is 1. The Kier molecular flexibility index (Phi) is 3.28. The van der Waals surface area contributed by atoms with E-state index in [1.54, 1.807) is 0 Å². The summed E-state index contributed by atoms with van der Waals surface area (Å²) in [6.45, 7) is 0. The minimum atomic E-state index is -0.786. The van der Waals surface area contributed by atoms with Gasteiger partial charge in [0.05, 0.1) is 5.92 Å². The Hall–Kier alpha value is -1.06. The minimum Gasteiger partial charge on any atom is -0.481 e. The molecule has 2 atom stereocenters. The Morgan fingerprint density at radius 1 is 1.31 bits per heavy atom. The van der Waals surface area contributed by atoms with E-state index >= 15 is 0 Å². The van der Waals surface area contributed by atoms with Crippen LogP contribution in [0, 0.1) is 11.8 Å². The van der Waals surface area contributed by atoms with E-state index < -0.39 is 11.9 Å². The second kappa shape index (κ2) is 4.25. The molecular weight excluding hydrogens is 170 g/mol. The Morgan fingerprint density at radius 3 is 2.46 bits per heavy atom. The van der Waals surface area contributed by atoms with Crippen molar-refractivity contribution >= 4 is 11.9 Å². The van der Waals surface area contributed by atoms with Gasteiger partial charge in [0.1, 0.15) is 0 Å².